The molecular weight excluding hydrogens is 322 g/mol. The molecule has 0 aromatic heterocycles. The summed E-state index contributed by atoms with van der Waals surface area (Å²) in [7, 11) is 0. The maximum atomic E-state index is 11.9. The quantitative estimate of drug-likeness (QED) is 0.553. The fourth-order valence-electron chi connectivity index (χ4n) is 0.705. The van der Waals surface area contributed by atoms with Crippen molar-refractivity contribution in [1.82, 2.24) is 0 Å². The topological polar surface area (TPSA) is 35.5 Å². The Morgan fingerprint density at radius 1 is 1.31 bits per heavy atom. The van der Waals surface area contributed by atoms with E-state index in [-0.39, 0.29) is 30.2 Å². The van der Waals surface area contributed by atoms with Gasteiger partial charge in [0.05, 0.1) is 0 Å². The second-order valence-electron chi connectivity index (χ2n) is 2.02. The van der Waals surface area contributed by atoms with Crippen molar-refractivity contribution in [2.75, 3.05) is 13.2 Å². The molecule has 0 rings (SSSR count). The van der Waals surface area contributed by atoms with E-state index in [9.17, 15) is 13.3 Å². The Hall–Kier alpha value is 1.11. The van der Waals surface area contributed by atoms with Crippen LogP contribution in [0.4, 0.5) is 8.78 Å². The number of alkyl halides is 2. The van der Waals surface area contributed by atoms with Crippen LogP contribution in [0.1, 0.15) is 13.8 Å². The zero-order valence-corrected chi connectivity index (χ0v) is 13.1. The van der Waals surface area contributed by atoms with E-state index in [0.717, 1.165) is 0 Å². The first-order valence-electron chi connectivity index (χ1n) is 3.70. The molecule has 0 unspecified atom stereocenters. The van der Waals surface area contributed by atoms with Crippen LogP contribution < -0.4 is 0 Å². The van der Waals surface area contributed by atoms with E-state index >= 15 is 0 Å². The van der Waals surface area contributed by atoms with E-state index in [4.69, 9.17) is 9.05 Å². The number of rotatable bonds is 6. The van der Waals surface area contributed by atoms with Crippen LogP contribution in [0.25, 0.3) is 0 Å². The van der Waals surface area contributed by atoms with Gasteiger partial charge >= 0.3 is 77.0 Å². The summed E-state index contributed by atoms with van der Waals surface area (Å²) in [5.74, 6) is -3.34. The second kappa shape index (κ2) is 8.42. The molecule has 0 aliphatic heterocycles. The summed E-state index contributed by atoms with van der Waals surface area (Å²) >= 11 is -2.52. The first kappa shape index (κ1) is 16.5. The normalized spacial score (nSPS) is 10.8. The summed E-state index contributed by atoms with van der Waals surface area (Å²) in [6.07, 6.45) is 0. The summed E-state index contributed by atoms with van der Waals surface area (Å²) in [4.78, 5) is 0. The van der Waals surface area contributed by atoms with Crippen LogP contribution in [-0.2, 0) is 30.3 Å². The van der Waals surface area contributed by atoms with Gasteiger partial charge < -0.3 is 0 Å². The van der Waals surface area contributed by atoms with Gasteiger partial charge in [-0.1, -0.05) is 0 Å². The van der Waals surface area contributed by atoms with E-state index in [1.807, 2.05) is 0 Å². The van der Waals surface area contributed by atoms with Gasteiger partial charge in [0, 0.05) is 0 Å². The Labute approximate surface area is 94.0 Å². The zero-order chi connectivity index (χ0) is 9.61. The summed E-state index contributed by atoms with van der Waals surface area (Å²) in [5.41, 5.74) is 0. The number of hydrogen-bond acceptors (Lipinski definition) is 3. The molecule has 0 bridgehead atoms. The summed E-state index contributed by atoms with van der Waals surface area (Å²) < 4.78 is 44.7. The Bertz CT molecular complexity index is 162. The van der Waals surface area contributed by atoms with Gasteiger partial charge in [-0.25, -0.2) is 0 Å². The number of hydrogen-bond donors (Lipinski definition) is 0. The molecule has 0 aliphatic rings. The van der Waals surface area contributed by atoms with Crippen molar-refractivity contribution < 1.29 is 39.0 Å². The Morgan fingerprint density at radius 3 is 1.92 bits per heavy atom. The SMILES string of the molecule is Br.CCO[P](=O)(OCC)[Zn][CH](F)F. The van der Waals surface area contributed by atoms with Crippen molar-refractivity contribution in [3.8, 4) is 0 Å². The van der Waals surface area contributed by atoms with Crippen molar-refractivity contribution >= 4 is 22.9 Å². The van der Waals surface area contributed by atoms with Gasteiger partial charge in [0.15, 0.2) is 0 Å². The van der Waals surface area contributed by atoms with Crippen LogP contribution in [0.15, 0.2) is 0 Å². The number of halogens is 3. The van der Waals surface area contributed by atoms with E-state index in [2.05, 4.69) is 0 Å². The molecule has 0 fully saturated rings. The molecule has 0 N–H and O–H groups in total. The van der Waals surface area contributed by atoms with Gasteiger partial charge in [-0.05, 0) is 0 Å². The molecule has 0 aliphatic carbocycles. The first-order chi connectivity index (χ1) is 5.54. The molecule has 0 radical (unpaired) electrons. The van der Waals surface area contributed by atoms with Crippen molar-refractivity contribution in [1.29, 1.82) is 0 Å². The molecule has 8 heteroatoms. The van der Waals surface area contributed by atoms with Crippen LogP contribution in [0.2, 0.25) is 0 Å². The molecule has 0 amide bonds. The average Bonchev–Trinajstić information content (AvgIpc) is 1.85. The van der Waals surface area contributed by atoms with Crippen LogP contribution in [0.3, 0.4) is 0 Å². The Kier molecular flexibility index (Phi) is 10.7. The molecule has 3 nitrogen and oxygen atoms in total. The standard InChI is InChI=1S/C4H10O3P.CHF2.BrH.Zn/c1-3-6-8(5)7-4-2;2-1-3;;/h3-4H2,1-2H3;1H;1H;/q+1;;;-1. The van der Waals surface area contributed by atoms with Gasteiger partial charge in [0.25, 0.3) is 0 Å². The van der Waals surface area contributed by atoms with Crippen LogP contribution in [0.5, 0.6) is 0 Å². The van der Waals surface area contributed by atoms with Gasteiger partial charge in [-0.15, -0.1) is 17.0 Å². The summed E-state index contributed by atoms with van der Waals surface area (Å²) in [5, 5.41) is -2.47. The third-order valence-electron chi connectivity index (χ3n) is 1.01. The third kappa shape index (κ3) is 8.13. The fraction of sp³-hybridized carbons (Fsp3) is 1.00. The van der Waals surface area contributed by atoms with Crippen molar-refractivity contribution in [2.45, 2.75) is 18.9 Å². The third-order valence-corrected chi connectivity index (χ3v) is 9.89. The average molecular weight is 334 g/mol. The van der Waals surface area contributed by atoms with Gasteiger partial charge in [0.2, 0.25) is 0 Å². The monoisotopic (exact) mass is 332 g/mol. The predicted octanol–water partition coefficient (Wildman–Crippen LogP) is 3.05. The molecular formula is C5H12BrF2O3PZn. The molecule has 0 heterocycles. The summed E-state index contributed by atoms with van der Waals surface area (Å²) in [6, 6.07) is 0. The van der Waals surface area contributed by atoms with Crippen molar-refractivity contribution in [2.24, 2.45) is 0 Å². The van der Waals surface area contributed by atoms with Crippen molar-refractivity contribution in [3.05, 3.63) is 0 Å². The Morgan fingerprint density at radius 2 is 1.69 bits per heavy atom. The zero-order valence-electron chi connectivity index (χ0n) is 7.53. The molecule has 0 atom stereocenters. The fourth-order valence-corrected chi connectivity index (χ4v) is 7.87. The molecule has 0 saturated heterocycles. The molecule has 0 aromatic rings. The van der Waals surface area contributed by atoms with E-state index in [1.165, 1.54) is 0 Å². The first-order valence-corrected chi connectivity index (χ1v) is 11.1. The maximum absolute atomic E-state index is 11.9. The van der Waals surface area contributed by atoms with Gasteiger partial charge in [-0.2, -0.15) is 0 Å². The minimum absolute atomic E-state index is 0. The molecule has 0 spiro atoms. The molecule has 78 valence electrons. The summed E-state index contributed by atoms with van der Waals surface area (Å²) in [6.45, 7) is 3.54. The molecule has 13 heavy (non-hydrogen) atoms. The van der Waals surface area contributed by atoms with Gasteiger partial charge in [-0.3, -0.25) is 0 Å². The van der Waals surface area contributed by atoms with Gasteiger partial charge in [0.1, 0.15) is 0 Å². The predicted molar refractivity (Wildman–Crippen MR) is 47.2 cm³/mol. The van der Waals surface area contributed by atoms with E-state index in [0.29, 0.717) is 0 Å². The molecule has 0 aromatic carbocycles. The second-order valence-corrected chi connectivity index (χ2v) is 12.6. The van der Waals surface area contributed by atoms with Crippen LogP contribution >= 0.6 is 22.9 Å². The van der Waals surface area contributed by atoms with Crippen LogP contribution in [0, 0.1) is 0 Å². The van der Waals surface area contributed by atoms with E-state index < -0.39 is 27.6 Å². The van der Waals surface area contributed by atoms with Crippen LogP contribution in [-0.4, -0.2) is 18.2 Å². The van der Waals surface area contributed by atoms with Crippen molar-refractivity contribution in [3.63, 3.8) is 0 Å². The minimum atomic E-state index is -3.34. The van der Waals surface area contributed by atoms with E-state index in [1.54, 1.807) is 13.8 Å². The molecule has 0 saturated carbocycles. The Balaban J connectivity index is 0.